The number of benzene rings is 1. The molecule has 0 aliphatic heterocycles. The summed E-state index contributed by atoms with van der Waals surface area (Å²) in [6, 6.07) is 6.03. The van der Waals surface area contributed by atoms with Crippen molar-refractivity contribution in [3.8, 4) is 0 Å². The Balaban J connectivity index is 2.44. The number of carbonyl (C=O) groups is 1. The van der Waals surface area contributed by atoms with Crippen LogP contribution < -0.4 is 0 Å². The van der Waals surface area contributed by atoms with Crippen molar-refractivity contribution in [2.75, 3.05) is 0 Å². The van der Waals surface area contributed by atoms with Gasteiger partial charge in [0.1, 0.15) is 5.82 Å². The number of hydrogen-bond acceptors (Lipinski definition) is 2. The van der Waals surface area contributed by atoms with Crippen LogP contribution in [0.2, 0.25) is 5.02 Å². The molecule has 1 aromatic carbocycles. The van der Waals surface area contributed by atoms with Crippen LogP contribution in [-0.2, 0) is 0 Å². The number of rotatable bonds is 2. The van der Waals surface area contributed by atoms with Gasteiger partial charge in [0.05, 0.1) is 11.2 Å². The second-order valence-corrected chi connectivity index (χ2v) is 4.67. The van der Waals surface area contributed by atoms with Crippen LogP contribution in [0.15, 0.2) is 41.1 Å². The molecule has 0 amide bonds. The third-order valence-electron chi connectivity index (χ3n) is 2.14. The van der Waals surface area contributed by atoms with Crippen molar-refractivity contribution in [3.63, 3.8) is 0 Å². The van der Waals surface area contributed by atoms with Gasteiger partial charge >= 0.3 is 0 Å². The zero-order valence-electron chi connectivity index (χ0n) is 8.45. The van der Waals surface area contributed by atoms with Gasteiger partial charge in [0.15, 0.2) is 5.78 Å². The van der Waals surface area contributed by atoms with Gasteiger partial charge in [0.2, 0.25) is 0 Å². The first-order valence-corrected chi connectivity index (χ1v) is 5.85. The van der Waals surface area contributed by atoms with E-state index in [9.17, 15) is 9.18 Å². The molecule has 5 heteroatoms. The number of hydrogen-bond donors (Lipinski definition) is 0. The van der Waals surface area contributed by atoms with Crippen molar-refractivity contribution in [3.05, 3.63) is 63.1 Å². The Morgan fingerprint density at radius 3 is 2.71 bits per heavy atom. The molecule has 0 N–H and O–H groups in total. The fourth-order valence-electron chi connectivity index (χ4n) is 1.37. The van der Waals surface area contributed by atoms with Crippen LogP contribution in [-0.4, -0.2) is 10.8 Å². The van der Waals surface area contributed by atoms with Crippen LogP contribution in [0.4, 0.5) is 4.39 Å². The van der Waals surface area contributed by atoms with Gasteiger partial charge < -0.3 is 0 Å². The molecule has 2 rings (SSSR count). The van der Waals surface area contributed by atoms with Crippen LogP contribution in [0.25, 0.3) is 0 Å². The van der Waals surface area contributed by atoms with E-state index < -0.39 is 5.82 Å². The van der Waals surface area contributed by atoms with E-state index in [-0.39, 0.29) is 11.3 Å². The summed E-state index contributed by atoms with van der Waals surface area (Å²) in [5.74, 6) is -0.904. The summed E-state index contributed by atoms with van der Waals surface area (Å²) in [5.41, 5.74) is 0.497. The third-order valence-corrected chi connectivity index (χ3v) is 2.95. The fourth-order valence-corrected chi connectivity index (χ4v) is 2.12. The second-order valence-electron chi connectivity index (χ2n) is 3.35. The van der Waals surface area contributed by atoms with Crippen molar-refractivity contribution < 1.29 is 9.18 Å². The van der Waals surface area contributed by atoms with Crippen molar-refractivity contribution in [2.45, 2.75) is 0 Å². The second kappa shape index (κ2) is 4.94. The molecule has 0 bridgehead atoms. The van der Waals surface area contributed by atoms with Crippen LogP contribution in [0.1, 0.15) is 15.9 Å². The smallest absolute Gasteiger partial charge is 0.196 e. The number of nitrogens with zero attached hydrogens (tertiary/aromatic N) is 1. The number of ketones is 1. The molecule has 0 unspecified atom stereocenters. The molecule has 0 aliphatic rings. The maximum absolute atomic E-state index is 13.0. The molecule has 0 saturated carbocycles. The molecule has 2 aromatic rings. The van der Waals surface area contributed by atoms with Gasteiger partial charge in [-0.2, -0.15) is 0 Å². The van der Waals surface area contributed by atoms with Crippen LogP contribution in [0.3, 0.4) is 0 Å². The molecule has 0 saturated heterocycles. The summed E-state index contributed by atoms with van der Waals surface area (Å²) in [7, 11) is 0. The maximum atomic E-state index is 13.0. The Kier molecular flexibility index (Phi) is 3.54. The van der Waals surface area contributed by atoms with Crippen LogP contribution in [0.5, 0.6) is 0 Å². The van der Waals surface area contributed by atoms with E-state index in [1.807, 2.05) is 0 Å². The van der Waals surface area contributed by atoms with E-state index in [0.717, 1.165) is 16.7 Å². The van der Waals surface area contributed by atoms with Gasteiger partial charge in [-0.25, -0.2) is 4.39 Å². The number of halogens is 3. The van der Waals surface area contributed by atoms with Gasteiger partial charge in [-0.05, 0) is 24.3 Å². The summed E-state index contributed by atoms with van der Waals surface area (Å²) in [5, 5.41) is 0.314. The summed E-state index contributed by atoms with van der Waals surface area (Å²) in [4.78, 5) is 15.7. The zero-order chi connectivity index (χ0) is 12.4. The molecular weight excluding hydrogens is 308 g/mol. The maximum Gasteiger partial charge on any atom is 0.196 e. The molecular formula is C12H6BrClFNO. The summed E-state index contributed by atoms with van der Waals surface area (Å²) >= 11 is 9.19. The molecule has 2 nitrogen and oxygen atoms in total. The monoisotopic (exact) mass is 313 g/mol. The average Bonchev–Trinajstić information content (AvgIpc) is 2.28. The Hall–Kier alpha value is -1.26. The molecule has 0 atom stereocenters. The highest BCUT2D eigenvalue weighted by Gasteiger charge is 2.13. The van der Waals surface area contributed by atoms with Crippen molar-refractivity contribution in [1.29, 1.82) is 0 Å². The highest BCUT2D eigenvalue weighted by Crippen LogP contribution is 2.23. The van der Waals surface area contributed by atoms with E-state index in [2.05, 4.69) is 20.9 Å². The van der Waals surface area contributed by atoms with Gasteiger partial charge in [-0.1, -0.05) is 27.5 Å². The molecule has 0 aliphatic carbocycles. The lowest BCUT2D eigenvalue weighted by atomic mass is 10.1. The molecule has 17 heavy (non-hydrogen) atoms. The minimum absolute atomic E-state index is 0.175. The van der Waals surface area contributed by atoms with Crippen molar-refractivity contribution in [2.24, 2.45) is 0 Å². The van der Waals surface area contributed by atoms with E-state index in [1.165, 1.54) is 6.20 Å². The highest BCUT2D eigenvalue weighted by molar-refractivity contribution is 9.10. The number of pyridine rings is 1. The normalized spacial score (nSPS) is 10.3. The van der Waals surface area contributed by atoms with E-state index in [0.29, 0.717) is 10.6 Å². The SMILES string of the molecule is O=C(c1cncc(F)c1)c1ccc(Br)cc1Cl. The Morgan fingerprint density at radius 1 is 1.29 bits per heavy atom. The molecule has 0 spiro atoms. The Labute approximate surface area is 111 Å². The zero-order valence-corrected chi connectivity index (χ0v) is 10.8. The van der Waals surface area contributed by atoms with Gasteiger partial charge in [0, 0.05) is 21.8 Å². The lowest BCUT2D eigenvalue weighted by molar-refractivity contribution is 0.103. The highest BCUT2D eigenvalue weighted by atomic mass is 79.9. The van der Waals surface area contributed by atoms with Crippen LogP contribution >= 0.6 is 27.5 Å². The number of aromatic nitrogens is 1. The average molecular weight is 315 g/mol. The van der Waals surface area contributed by atoms with E-state index in [1.54, 1.807) is 18.2 Å². The molecule has 1 heterocycles. The molecule has 86 valence electrons. The van der Waals surface area contributed by atoms with Gasteiger partial charge in [-0.15, -0.1) is 0 Å². The summed E-state index contributed by atoms with van der Waals surface area (Å²) in [6.45, 7) is 0. The van der Waals surface area contributed by atoms with Gasteiger partial charge in [0.25, 0.3) is 0 Å². The lowest BCUT2D eigenvalue weighted by Gasteiger charge is -2.03. The first-order valence-electron chi connectivity index (χ1n) is 4.68. The van der Waals surface area contributed by atoms with E-state index in [4.69, 9.17) is 11.6 Å². The molecule has 1 aromatic heterocycles. The topological polar surface area (TPSA) is 30.0 Å². The molecule has 0 radical (unpaired) electrons. The Morgan fingerprint density at radius 2 is 2.06 bits per heavy atom. The Bertz CT molecular complexity index is 588. The summed E-state index contributed by atoms with van der Waals surface area (Å²) in [6.07, 6.45) is 2.35. The minimum atomic E-state index is -0.552. The largest absolute Gasteiger partial charge is 0.288 e. The van der Waals surface area contributed by atoms with Crippen LogP contribution in [0, 0.1) is 5.82 Å². The predicted octanol–water partition coefficient (Wildman–Crippen LogP) is 3.87. The predicted molar refractivity (Wildman–Crippen MR) is 66.8 cm³/mol. The third kappa shape index (κ3) is 2.70. The first-order chi connectivity index (χ1) is 8.08. The van der Waals surface area contributed by atoms with E-state index >= 15 is 0 Å². The minimum Gasteiger partial charge on any atom is -0.288 e. The standard InChI is InChI=1S/C12H6BrClFNO/c13-8-1-2-10(11(14)4-8)12(17)7-3-9(15)6-16-5-7/h1-6H. The van der Waals surface area contributed by atoms with Crippen molar-refractivity contribution in [1.82, 2.24) is 4.98 Å². The van der Waals surface area contributed by atoms with Gasteiger partial charge in [-0.3, -0.25) is 9.78 Å². The summed E-state index contributed by atoms with van der Waals surface area (Å²) < 4.78 is 13.7. The quantitative estimate of drug-likeness (QED) is 0.788. The number of carbonyl (C=O) groups excluding carboxylic acids is 1. The fraction of sp³-hybridized carbons (Fsp3) is 0. The molecule has 0 fully saturated rings. The first kappa shape index (κ1) is 12.2. The van der Waals surface area contributed by atoms with Crippen molar-refractivity contribution >= 4 is 33.3 Å². The lowest BCUT2D eigenvalue weighted by Crippen LogP contribution is -2.03.